The van der Waals surface area contributed by atoms with Crippen molar-refractivity contribution in [2.75, 3.05) is 13.6 Å². The minimum absolute atomic E-state index is 0.132. The van der Waals surface area contributed by atoms with Crippen LogP contribution in [0.5, 0.6) is 0 Å². The molecule has 0 saturated carbocycles. The summed E-state index contributed by atoms with van der Waals surface area (Å²) in [5, 5.41) is 10.5. The zero-order valence-corrected chi connectivity index (χ0v) is 18.2. The smallest absolute Gasteiger partial charge is 0.317 e. The topological polar surface area (TPSA) is 61.4 Å². The van der Waals surface area contributed by atoms with Crippen LogP contribution in [-0.4, -0.2) is 30.4 Å². The van der Waals surface area contributed by atoms with Gasteiger partial charge in [0, 0.05) is 31.6 Å². The Morgan fingerprint density at radius 1 is 1.03 bits per heavy atom. The summed E-state index contributed by atoms with van der Waals surface area (Å²) in [7, 11) is 1.73. The molecule has 1 unspecified atom stereocenters. The number of thiophene rings is 1. The summed E-state index contributed by atoms with van der Waals surface area (Å²) in [6.07, 6.45) is 0.194. The molecule has 5 nitrogen and oxygen atoms in total. The van der Waals surface area contributed by atoms with Gasteiger partial charge in [0.2, 0.25) is 5.91 Å². The predicted molar refractivity (Wildman–Crippen MR) is 122 cm³/mol. The van der Waals surface area contributed by atoms with Gasteiger partial charge in [0.1, 0.15) is 0 Å². The van der Waals surface area contributed by atoms with Crippen LogP contribution in [0.2, 0.25) is 5.02 Å². The number of carbonyl (C=O) groups is 2. The lowest BCUT2D eigenvalue weighted by Gasteiger charge is -2.20. The van der Waals surface area contributed by atoms with Crippen molar-refractivity contribution >= 4 is 34.9 Å². The molecule has 0 aliphatic rings. The molecule has 3 rings (SSSR count). The summed E-state index contributed by atoms with van der Waals surface area (Å²) in [6.45, 7) is 0.774. The van der Waals surface area contributed by atoms with Crippen molar-refractivity contribution in [3.05, 3.63) is 93.1 Å². The molecule has 3 aromatic rings. The van der Waals surface area contributed by atoms with Gasteiger partial charge in [-0.05, 0) is 45.6 Å². The van der Waals surface area contributed by atoms with Crippen molar-refractivity contribution in [1.82, 2.24) is 15.5 Å². The summed E-state index contributed by atoms with van der Waals surface area (Å²) in [5.74, 6) is -0.132. The third kappa shape index (κ3) is 6.34. The second-order valence-electron chi connectivity index (χ2n) is 6.93. The minimum Gasteiger partial charge on any atom is -0.345 e. The van der Waals surface area contributed by atoms with Crippen LogP contribution >= 0.6 is 22.9 Å². The van der Waals surface area contributed by atoms with Crippen LogP contribution in [0.25, 0.3) is 0 Å². The van der Waals surface area contributed by atoms with Crippen LogP contribution in [0, 0.1) is 0 Å². The molecular formula is C23H24ClN3O2S. The Labute approximate surface area is 185 Å². The average molecular weight is 442 g/mol. The van der Waals surface area contributed by atoms with Gasteiger partial charge in [0.15, 0.2) is 0 Å². The molecule has 0 spiro atoms. The van der Waals surface area contributed by atoms with E-state index in [4.69, 9.17) is 11.6 Å². The SMILES string of the molecule is CN(Cc1ccccc1)C(=O)NCCC(=O)NC(c1ccc(Cl)cc1)c1ccsc1. The second kappa shape index (κ2) is 10.8. The van der Waals surface area contributed by atoms with Crippen molar-refractivity contribution in [3.8, 4) is 0 Å². The van der Waals surface area contributed by atoms with Gasteiger partial charge in [0.25, 0.3) is 0 Å². The highest BCUT2D eigenvalue weighted by molar-refractivity contribution is 7.08. The monoisotopic (exact) mass is 441 g/mol. The van der Waals surface area contributed by atoms with Gasteiger partial charge < -0.3 is 15.5 Å². The molecule has 2 N–H and O–H groups in total. The van der Waals surface area contributed by atoms with Gasteiger partial charge >= 0.3 is 6.03 Å². The van der Waals surface area contributed by atoms with Gasteiger partial charge in [-0.2, -0.15) is 11.3 Å². The van der Waals surface area contributed by atoms with E-state index in [0.717, 1.165) is 16.7 Å². The number of nitrogens with zero attached hydrogens (tertiary/aromatic N) is 1. The third-order valence-electron chi connectivity index (χ3n) is 4.62. The Morgan fingerprint density at radius 3 is 2.43 bits per heavy atom. The van der Waals surface area contributed by atoms with E-state index in [1.807, 2.05) is 71.4 Å². The number of hydrogen-bond acceptors (Lipinski definition) is 3. The molecule has 1 heterocycles. The fraction of sp³-hybridized carbons (Fsp3) is 0.217. The molecule has 0 aliphatic carbocycles. The first-order valence-corrected chi connectivity index (χ1v) is 10.9. The highest BCUT2D eigenvalue weighted by Gasteiger charge is 2.18. The van der Waals surface area contributed by atoms with Gasteiger partial charge in [0.05, 0.1) is 6.04 Å². The zero-order chi connectivity index (χ0) is 21.3. The van der Waals surface area contributed by atoms with E-state index in [0.29, 0.717) is 11.6 Å². The van der Waals surface area contributed by atoms with Gasteiger partial charge in [-0.25, -0.2) is 4.79 Å². The first-order chi connectivity index (χ1) is 14.5. The van der Waals surface area contributed by atoms with Gasteiger partial charge in [-0.3, -0.25) is 4.79 Å². The fourth-order valence-electron chi connectivity index (χ4n) is 3.03. The van der Waals surface area contributed by atoms with Crippen molar-refractivity contribution in [3.63, 3.8) is 0 Å². The number of rotatable bonds is 8. The van der Waals surface area contributed by atoms with E-state index < -0.39 is 0 Å². The average Bonchev–Trinajstić information content (AvgIpc) is 3.28. The maximum atomic E-state index is 12.5. The number of carbonyl (C=O) groups excluding carboxylic acids is 2. The summed E-state index contributed by atoms with van der Waals surface area (Å²) in [6, 6.07) is 18.7. The van der Waals surface area contributed by atoms with Crippen LogP contribution in [0.3, 0.4) is 0 Å². The van der Waals surface area contributed by atoms with E-state index in [1.54, 1.807) is 23.3 Å². The fourth-order valence-corrected chi connectivity index (χ4v) is 3.85. The predicted octanol–water partition coefficient (Wildman–Crippen LogP) is 4.84. The van der Waals surface area contributed by atoms with Crippen molar-refractivity contribution in [2.45, 2.75) is 19.0 Å². The first kappa shape index (κ1) is 21.9. The Bertz CT molecular complexity index is 946. The first-order valence-electron chi connectivity index (χ1n) is 9.63. The minimum atomic E-state index is -0.252. The maximum Gasteiger partial charge on any atom is 0.317 e. The third-order valence-corrected chi connectivity index (χ3v) is 5.58. The quantitative estimate of drug-likeness (QED) is 0.525. The molecule has 7 heteroatoms. The molecular weight excluding hydrogens is 418 g/mol. The van der Waals surface area contributed by atoms with E-state index in [1.165, 1.54) is 0 Å². The number of urea groups is 1. The van der Waals surface area contributed by atoms with Gasteiger partial charge in [-0.15, -0.1) is 0 Å². The molecule has 0 saturated heterocycles. The van der Waals surface area contributed by atoms with Crippen LogP contribution in [0.1, 0.15) is 29.2 Å². The molecule has 0 radical (unpaired) electrons. The largest absolute Gasteiger partial charge is 0.345 e. The Hall–Kier alpha value is -2.83. The standard InChI is InChI=1S/C23H24ClN3O2S/c1-27(15-17-5-3-2-4-6-17)23(29)25-13-11-21(28)26-22(19-12-14-30-16-19)18-7-9-20(24)10-8-18/h2-10,12,14,16,22H,11,13,15H2,1H3,(H,25,29)(H,26,28). The van der Waals surface area contributed by atoms with E-state index in [2.05, 4.69) is 10.6 Å². The normalized spacial score (nSPS) is 11.5. The van der Waals surface area contributed by atoms with E-state index in [9.17, 15) is 9.59 Å². The van der Waals surface area contributed by atoms with Gasteiger partial charge in [-0.1, -0.05) is 54.1 Å². The van der Waals surface area contributed by atoms with Crippen LogP contribution in [0.4, 0.5) is 4.79 Å². The maximum absolute atomic E-state index is 12.5. The van der Waals surface area contributed by atoms with Crippen LogP contribution in [-0.2, 0) is 11.3 Å². The molecule has 156 valence electrons. The molecule has 0 bridgehead atoms. The molecule has 0 aliphatic heterocycles. The Kier molecular flexibility index (Phi) is 7.88. The number of benzene rings is 2. The summed E-state index contributed by atoms with van der Waals surface area (Å²) >= 11 is 7.57. The van der Waals surface area contributed by atoms with Crippen molar-refractivity contribution in [1.29, 1.82) is 0 Å². The zero-order valence-electron chi connectivity index (χ0n) is 16.7. The molecule has 2 aromatic carbocycles. The van der Waals surface area contributed by atoms with Crippen molar-refractivity contribution < 1.29 is 9.59 Å². The molecule has 1 atom stereocenters. The lowest BCUT2D eigenvalue weighted by atomic mass is 10.0. The Morgan fingerprint density at radius 2 is 1.77 bits per heavy atom. The van der Waals surface area contributed by atoms with E-state index in [-0.39, 0.29) is 30.9 Å². The van der Waals surface area contributed by atoms with Crippen LogP contribution in [0.15, 0.2) is 71.4 Å². The summed E-state index contributed by atoms with van der Waals surface area (Å²) in [5.41, 5.74) is 3.02. The number of hydrogen-bond donors (Lipinski definition) is 2. The lowest BCUT2D eigenvalue weighted by Crippen LogP contribution is -2.39. The Balaban J connectivity index is 1.51. The molecule has 3 amide bonds. The lowest BCUT2D eigenvalue weighted by molar-refractivity contribution is -0.121. The number of nitrogens with one attached hydrogen (secondary N) is 2. The molecule has 30 heavy (non-hydrogen) atoms. The molecule has 1 aromatic heterocycles. The van der Waals surface area contributed by atoms with Crippen molar-refractivity contribution in [2.24, 2.45) is 0 Å². The highest BCUT2D eigenvalue weighted by Crippen LogP contribution is 2.25. The molecule has 0 fully saturated rings. The summed E-state index contributed by atoms with van der Waals surface area (Å²) in [4.78, 5) is 26.4. The second-order valence-corrected chi connectivity index (χ2v) is 8.15. The number of amides is 3. The van der Waals surface area contributed by atoms with E-state index >= 15 is 0 Å². The summed E-state index contributed by atoms with van der Waals surface area (Å²) < 4.78 is 0. The van der Waals surface area contributed by atoms with Crippen LogP contribution < -0.4 is 10.6 Å². The number of halogens is 1. The highest BCUT2D eigenvalue weighted by atomic mass is 35.5.